The van der Waals surface area contributed by atoms with Crippen LogP contribution in [0.2, 0.25) is 0 Å². The molecule has 1 aliphatic rings. The van der Waals surface area contributed by atoms with E-state index in [1.54, 1.807) is 0 Å². The van der Waals surface area contributed by atoms with Gasteiger partial charge in [0.15, 0.2) is 0 Å². The molecule has 2 unspecified atom stereocenters. The van der Waals surface area contributed by atoms with Crippen molar-refractivity contribution in [2.24, 2.45) is 5.41 Å². The van der Waals surface area contributed by atoms with E-state index in [-0.39, 0.29) is 0 Å². The van der Waals surface area contributed by atoms with E-state index in [0.29, 0.717) is 17.7 Å². The summed E-state index contributed by atoms with van der Waals surface area (Å²) in [5.41, 5.74) is 0.350. The molecule has 1 N–H and O–H groups in total. The van der Waals surface area contributed by atoms with Crippen LogP contribution in [0.1, 0.15) is 33.6 Å². The van der Waals surface area contributed by atoms with Crippen LogP contribution in [0.3, 0.4) is 0 Å². The molecular formula is C9H19NO. The maximum absolute atomic E-state index is 5.47. The van der Waals surface area contributed by atoms with Gasteiger partial charge in [0, 0.05) is 0 Å². The van der Waals surface area contributed by atoms with Crippen LogP contribution in [0.5, 0.6) is 0 Å². The summed E-state index contributed by atoms with van der Waals surface area (Å²) in [6.07, 6.45) is 3.24. The lowest BCUT2D eigenvalue weighted by Crippen LogP contribution is -2.25. The van der Waals surface area contributed by atoms with Gasteiger partial charge in [0.25, 0.3) is 0 Å². The molecule has 0 aromatic heterocycles. The van der Waals surface area contributed by atoms with Crippen molar-refractivity contribution in [3.63, 3.8) is 0 Å². The minimum atomic E-state index is 0.316. The smallest absolute Gasteiger partial charge is 0.135 e. The van der Waals surface area contributed by atoms with Gasteiger partial charge in [-0.1, -0.05) is 27.2 Å². The molecule has 0 aliphatic carbocycles. The van der Waals surface area contributed by atoms with Crippen LogP contribution in [0, 0.1) is 5.41 Å². The molecule has 0 aromatic carbocycles. The zero-order chi connectivity index (χ0) is 8.48. The molecule has 0 amide bonds. The Hall–Kier alpha value is -0.0800. The van der Waals surface area contributed by atoms with Gasteiger partial charge in [0.05, 0.1) is 0 Å². The summed E-state index contributed by atoms with van der Waals surface area (Å²) >= 11 is 0. The summed E-state index contributed by atoms with van der Waals surface area (Å²) < 4.78 is 5.47. The van der Waals surface area contributed by atoms with Crippen LogP contribution in [0.15, 0.2) is 0 Å². The fourth-order valence-corrected chi connectivity index (χ4v) is 1.71. The lowest BCUT2D eigenvalue weighted by Gasteiger charge is -2.21. The summed E-state index contributed by atoms with van der Waals surface area (Å²) in [6, 6.07) is 0. The predicted molar refractivity (Wildman–Crippen MR) is 46.4 cm³/mol. The minimum absolute atomic E-state index is 0.316. The number of hydrogen-bond acceptors (Lipinski definition) is 2. The van der Waals surface area contributed by atoms with E-state index in [4.69, 9.17) is 4.74 Å². The quantitative estimate of drug-likeness (QED) is 0.629. The van der Waals surface area contributed by atoms with E-state index >= 15 is 0 Å². The second-order valence-corrected chi connectivity index (χ2v) is 4.00. The molecule has 0 bridgehead atoms. The van der Waals surface area contributed by atoms with Crippen LogP contribution in [0.25, 0.3) is 0 Å². The van der Waals surface area contributed by atoms with Crippen molar-refractivity contribution in [3.8, 4) is 0 Å². The Morgan fingerprint density at radius 3 is 2.45 bits per heavy atom. The Morgan fingerprint density at radius 1 is 1.45 bits per heavy atom. The number of nitrogens with one attached hydrogen (secondary N) is 1. The Morgan fingerprint density at radius 2 is 2.09 bits per heavy atom. The Labute approximate surface area is 69.3 Å². The van der Waals surface area contributed by atoms with Crippen LogP contribution >= 0.6 is 0 Å². The van der Waals surface area contributed by atoms with E-state index in [9.17, 15) is 0 Å². The van der Waals surface area contributed by atoms with E-state index in [1.807, 2.05) is 7.05 Å². The van der Waals surface area contributed by atoms with Gasteiger partial charge >= 0.3 is 0 Å². The van der Waals surface area contributed by atoms with E-state index in [1.165, 1.54) is 12.8 Å². The molecule has 1 rings (SSSR count). The van der Waals surface area contributed by atoms with Crippen molar-refractivity contribution in [3.05, 3.63) is 0 Å². The molecule has 2 atom stereocenters. The molecule has 66 valence electrons. The minimum Gasteiger partial charge on any atom is -0.353 e. The highest BCUT2D eigenvalue weighted by molar-refractivity contribution is 4.93. The monoisotopic (exact) mass is 157 g/mol. The third kappa shape index (κ3) is 1.94. The number of rotatable bonds is 4. The first-order valence-corrected chi connectivity index (χ1v) is 4.44. The lowest BCUT2D eigenvalue weighted by molar-refractivity contribution is 0.222. The van der Waals surface area contributed by atoms with Gasteiger partial charge in [-0.3, -0.25) is 5.32 Å². The van der Waals surface area contributed by atoms with Crippen molar-refractivity contribution < 1.29 is 4.74 Å². The standard InChI is InChI=1S/C9H19NO/c1-5-6-9(2,3)7-8(10-4)11-7/h7-8,10H,5-6H2,1-4H3. The van der Waals surface area contributed by atoms with E-state index in [2.05, 4.69) is 26.1 Å². The van der Waals surface area contributed by atoms with Gasteiger partial charge < -0.3 is 4.74 Å². The number of epoxide rings is 1. The molecule has 1 aliphatic heterocycles. The van der Waals surface area contributed by atoms with Gasteiger partial charge in [0.2, 0.25) is 0 Å². The van der Waals surface area contributed by atoms with Gasteiger partial charge in [-0.05, 0) is 18.9 Å². The Kier molecular flexibility index (Phi) is 2.55. The molecule has 0 saturated carbocycles. The van der Waals surface area contributed by atoms with Crippen LogP contribution < -0.4 is 5.32 Å². The number of ether oxygens (including phenoxy) is 1. The van der Waals surface area contributed by atoms with Crippen LogP contribution in [0.4, 0.5) is 0 Å². The SMILES string of the molecule is CCCC(C)(C)C1OC1NC. The Bertz CT molecular complexity index is 134. The van der Waals surface area contributed by atoms with E-state index < -0.39 is 0 Å². The molecule has 2 nitrogen and oxygen atoms in total. The summed E-state index contributed by atoms with van der Waals surface area (Å²) in [7, 11) is 1.95. The topological polar surface area (TPSA) is 24.6 Å². The highest BCUT2D eigenvalue weighted by atomic mass is 16.6. The first kappa shape index (κ1) is 9.01. The van der Waals surface area contributed by atoms with Crippen LogP contribution in [-0.4, -0.2) is 19.4 Å². The maximum Gasteiger partial charge on any atom is 0.135 e. The average molecular weight is 157 g/mol. The number of likely N-dealkylation sites (N-methyl/N-ethyl adjacent to an activating group) is 1. The molecule has 1 heterocycles. The molecule has 2 heteroatoms. The largest absolute Gasteiger partial charge is 0.353 e. The van der Waals surface area contributed by atoms with Crippen molar-refractivity contribution in [1.29, 1.82) is 0 Å². The summed E-state index contributed by atoms with van der Waals surface area (Å²) in [4.78, 5) is 0. The number of hydrogen-bond donors (Lipinski definition) is 1. The first-order chi connectivity index (χ1) is 5.11. The fraction of sp³-hybridized carbons (Fsp3) is 1.00. The normalized spacial score (nSPS) is 30.5. The zero-order valence-corrected chi connectivity index (χ0v) is 7.98. The molecule has 11 heavy (non-hydrogen) atoms. The fourth-order valence-electron chi connectivity index (χ4n) is 1.71. The van der Waals surface area contributed by atoms with Crippen molar-refractivity contribution >= 4 is 0 Å². The first-order valence-electron chi connectivity index (χ1n) is 4.44. The average Bonchev–Trinajstić information content (AvgIpc) is 2.65. The van der Waals surface area contributed by atoms with Crippen molar-refractivity contribution in [2.75, 3.05) is 7.05 Å². The summed E-state index contributed by atoms with van der Waals surface area (Å²) in [5, 5.41) is 3.13. The highest BCUT2D eigenvalue weighted by Crippen LogP contribution is 2.40. The molecule has 1 fully saturated rings. The Balaban J connectivity index is 2.35. The highest BCUT2D eigenvalue weighted by Gasteiger charge is 2.48. The molecule has 1 saturated heterocycles. The van der Waals surface area contributed by atoms with Gasteiger partial charge in [-0.2, -0.15) is 0 Å². The zero-order valence-electron chi connectivity index (χ0n) is 7.98. The third-order valence-electron chi connectivity index (χ3n) is 2.44. The van der Waals surface area contributed by atoms with Gasteiger partial charge in [-0.15, -0.1) is 0 Å². The van der Waals surface area contributed by atoms with Crippen LogP contribution in [-0.2, 0) is 4.74 Å². The predicted octanol–water partition coefficient (Wildman–Crippen LogP) is 1.76. The molecular weight excluding hydrogens is 138 g/mol. The third-order valence-corrected chi connectivity index (χ3v) is 2.44. The van der Waals surface area contributed by atoms with Gasteiger partial charge in [-0.25, -0.2) is 0 Å². The van der Waals surface area contributed by atoms with Crippen molar-refractivity contribution in [2.45, 2.75) is 45.9 Å². The van der Waals surface area contributed by atoms with Crippen molar-refractivity contribution in [1.82, 2.24) is 5.32 Å². The maximum atomic E-state index is 5.47. The summed E-state index contributed by atoms with van der Waals surface area (Å²) in [5.74, 6) is 0. The van der Waals surface area contributed by atoms with E-state index in [0.717, 1.165) is 0 Å². The molecule has 0 radical (unpaired) electrons. The summed E-state index contributed by atoms with van der Waals surface area (Å²) in [6.45, 7) is 6.77. The lowest BCUT2D eigenvalue weighted by atomic mass is 9.84. The van der Waals surface area contributed by atoms with Gasteiger partial charge in [0.1, 0.15) is 12.3 Å². The molecule has 0 aromatic rings. The second kappa shape index (κ2) is 3.11. The molecule has 0 spiro atoms. The second-order valence-electron chi connectivity index (χ2n) is 4.00.